The highest BCUT2D eigenvalue weighted by Gasteiger charge is 2.28. The van der Waals surface area contributed by atoms with E-state index in [2.05, 4.69) is 54.0 Å². The van der Waals surface area contributed by atoms with E-state index in [1.165, 1.54) is 5.56 Å². The summed E-state index contributed by atoms with van der Waals surface area (Å²) in [7, 11) is 2.22. The predicted octanol–water partition coefficient (Wildman–Crippen LogP) is 2.11. The average molecular weight is 276 g/mol. The van der Waals surface area contributed by atoms with Crippen LogP contribution >= 0.6 is 0 Å². The van der Waals surface area contributed by atoms with Gasteiger partial charge in [0.15, 0.2) is 0 Å². The van der Waals surface area contributed by atoms with Gasteiger partial charge in [0, 0.05) is 43.5 Å². The van der Waals surface area contributed by atoms with Gasteiger partial charge in [-0.2, -0.15) is 0 Å². The first kappa shape index (κ1) is 15.3. The predicted molar refractivity (Wildman–Crippen MR) is 85.1 cm³/mol. The Morgan fingerprint density at radius 2 is 2.00 bits per heavy atom. The zero-order valence-corrected chi connectivity index (χ0v) is 13.3. The van der Waals surface area contributed by atoms with Gasteiger partial charge in [0.25, 0.3) is 0 Å². The van der Waals surface area contributed by atoms with Gasteiger partial charge in [0.05, 0.1) is 0 Å². The van der Waals surface area contributed by atoms with Crippen molar-refractivity contribution >= 4 is 5.82 Å². The van der Waals surface area contributed by atoms with E-state index < -0.39 is 0 Å². The van der Waals surface area contributed by atoms with Crippen molar-refractivity contribution in [3.05, 3.63) is 23.9 Å². The number of hydrogen-bond acceptors (Lipinski definition) is 4. The van der Waals surface area contributed by atoms with Crippen molar-refractivity contribution in [2.45, 2.75) is 45.8 Å². The van der Waals surface area contributed by atoms with Gasteiger partial charge < -0.3 is 10.2 Å². The molecule has 0 radical (unpaired) electrons. The number of likely N-dealkylation sites (N-methyl/N-ethyl adjacent to an activating group) is 1. The summed E-state index contributed by atoms with van der Waals surface area (Å²) in [5, 5.41) is 3.48. The third kappa shape index (κ3) is 3.49. The first-order valence-corrected chi connectivity index (χ1v) is 7.75. The van der Waals surface area contributed by atoms with Crippen LogP contribution in [-0.4, -0.2) is 48.6 Å². The Hall–Kier alpha value is -1.13. The number of nitrogens with zero attached hydrogens (tertiary/aromatic N) is 3. The topological polar surface area (TPSA) is 31.4 Å². The van der Waals surface area contributed by atoms with Gasteiger partial charge in [-0.3, -0.25) is 4.90 Å². The van der Waals surface area contributed by atoms with Gasteiger partial charge >= 0.3 is 0 Å². The SMILES string of the molecule is CCCNCc1cccnc1N1CC(C)N(C)C(C)C1. The summed E-state index contributed by atoms with van der Waals surface area (Å²) in [6.07, 6.45) is 3.07. The van der Waals surface area contributed by atoms with Crippen LogP contribution in [0.1, 0.15) is 32.8 Å². The number of piperazine rings is 1. The van der Waals surface area contributed by atoms with Gasteiger partial charge in [-0.1, -0.05) is 13.0 Å². The fourth-order valence-corrected chi connectivity index (χ4v) is 2.83. The van der Waals surface area contributed by atoms with Crippen molar-refractivity contribution in [3.63, 3.8) is 0 Å². The molecule has 0 amide bonds. The van der Waals surface area contributed by atoms with E-state index in [1.807, 2.05) is 12.3 Å². The maximum absolute atomic E-state index is 4.64. The Morgan fingerprint density at radius 1 is 1.30 bits per heavy atom. The molecule has 1 aliphatic rings. The third-order valence-electron chi connectivity index (χ3n) is 4.27. The molecule has 0 spiro atoms. The zero-order chi connectivity index (χ0) is 14.5. The fraction of sp³-hybridized carbons (Fsp3) is 0.688. The van der Waals surface area contributed by atoms with E-state index in [1.54, 1.807) is 0 Å². The van der Waals surface area contributed by atoms with Gasteiger partial charge in [-0.25, -0.2) is 4.98 Å². The quantitative estimate of drug-likeness (QED) is 0.835. The molecular weight excluding hydrogens is 248 g/mol. The second kappa shape index (κ2) is 7.04. The van der Waals surface area contributed by atoms with E-state index in [0.29, 0.717) is 12.1 Å². The standard InChI is InChI=1S/C16H28N4/c1-5-8-17-10-15-7-6-9-18-16(15)20-11-13(2)19(4)14(3)12-20/h6-7,9,13-14,17H,5,8,10-12H2,1-4H3. The summed E-state index contributed by atoms with van der Waals surface area (Å²) in [6, 6.07) is 5.36. The minimum Gasteiger partial charge on any atom is -0.353 e. The van der Waals surface area contributed by atoms with Crippen molar-refractivity contribution in [3.8, 4) is 0 Å². The lowest BCUT2D eigenvalue weighted by Gasteiger charge is -2.43. The number of aromatic nitrogens is 1. The van der Waals surface area contributed by atoms with Gasteiger partial charge in [0.2, 0.25) is 0 Å². The van der Waals surface area contributed by atoms with E-state index in [-0.39, 0.29) is 0 Å². The minimum absolute atomic E-state index is 0.567. The second-order valence-corrected chi connectivity index (χ2v) is 5.93. The summed E-state index contributed by atoms with van der Waals surface area (Å²) in [4.78, 5) is 9.54. The van der Waals surface area contributed by atoms with E-state index in [4.69, 9.17) is 0 Å². The number of nitrogens with one attached hydrogen (secondary N) is 1. The molecule has 2 atom stereocenters. The molecule has 1 aromatic rings. The van der Waals surface area contributed by atoms with E-state index >= 15 is 0 Å². The molecule has 1 N–H and O–H groups in total. The van der Waals surface area contributed by atoms with Gasteiger partial charge in [-0.15, -0.1) is 0 Å². The molecule has 20 heavy (non-hydrogen) atoms. The molecule has 1 aromatic heterocycles. The van der Waals surface area contributed by atoms with Crippen molar-refractivity contribution in [1.29, 1.82) is 0 Å². The highest BCUT2D eigenvalue weighted by Crippen LogP contribution is 2.22. The normalized spacial score (nSPS) is 24.1. The van der Waals surface area contributed by atoms with Crippen molar-refractivity contribution in [2.24, 2.45) is 0 Å². The Morgan fingerprint density at radius 3 is 2.65 bits per heavy atom. The first-order chi connectivity index (χ1) is 9.63. The van der Waals surface area contributed by atoms with Crippen LogP contribution in [0.2, 0.25) is 0 Å². The lowest BCUT2D eigenvalue weighted by molar-refractivity contribution is 0.169. The van der Waals surface area contributed by atoms with Crippen LogP contribution in [0.3, 0.4) is 0 Å². The molecule has 0 aromatic carbocycles. The number of rotatable bonds is 5. The molecule has 0 aliphatic carbocycles. The van der Waals surface area contributed by atoms with E-state index in [9.17, 15) is 0 Å². The molecule has 4 heteroatoms. The summed E-state index contributed by atoms with van der Waals surface area (Å²) in [5.74, 6) is 1.16. The molecule has 2 rings (SSSR count). The lowest BCUT2D eigenvalue weighted by atomic mass is 10.1. The van der Waals surface area contributed by atoms with Crippen LogP contribution in [-0.2, 0) is 6.54 Å². The van der Waals surface area contributed by atoms with Crippen LogP contribution < -0.4 is 10.2 Å². The van der Waals surface area contributed by atoms with Crippen LogP contribution in [0.25, 0.3) is 0 Å². The number of pyridine rings is 1. The van der Waals surface area contributed by atoms with Crippen molar-refractivity contribution < 1.29 is 0 Å². The van der Waals surface area contributed by atoms with Gasteiger partial charge in [0.1, 0.15) is 5.82 Å². The first-order valence-electron chi connectivity index (χ1n) is 7.75. The maximum atomic E-state index is 4.64. The van der Waals surface area contributed by atoms with Crippen LogP contribution in [0.4, 0.5) is 5.82 Å². The molecule has 112 valence electrons. The lowest BCUT2D eigenvalue weighted by Crippen LogP contribution is -2.55. The van der Waals surface area contributed by atoms with Crippen LogP contribution in [0, 0.1) is 0 Å². The number of hydrogen-bond donors (Lipinski definition) is 1. The highest BCUT2D eigenvalue weighted by atomic mass is 15.3. The smallest absolute Gasteiger partial charge is 0.133 e. The highest BCUT2D eigenvalue weighted by molar-refractivity contribution is 5.47. The summed E-state index contributed by atoms with van der Waals surface area (Å²) in [5.41, 5.74) is 1.31. The molecule has 1 aliphatic heterocycles. The summed E-state index contributed by atoms with van der Waals surface area (Å²) >= 11 is 0. The molecule has 2 heterocycles. The average Bonchev–Trinajstić information content (AvgIpc) is 2.45. The Balaban J connectivity index is 2.11. The van der Waals surface area contributed by atoms with Gasteiger partial charge in [-0.05, 0) is 39.9 Å². The summed E-state index contributed by atoms with van der Waals surface area (Å²) < 4.78 is 0. The molecule has 0 saturated carbocycles. The monoisotopic (exact) mass is 276 g/mol. The third-order valence-corrected chi connectivity index (χ3v) is 4.27. The summed E-state index contributed by atoms with van der Waals surface area (Å²) in [6.45, 7) is 10.9. The number of anilines is 1. The Kier molecular flexibility index (Phi) is 5.38. The molecule has 1 saturated heterocycles. The van der Waals surface area contributed by atoms with E-state index in [0.717, 1.165) is 38.4 Å². The molecule has 0 bridgehead atoms. The molecule has 4 nitrogen and oxygen atoms in total. The van der Waals surface area contributed by atoms with Crippen molar-refractivity contribution in [1.82, 2.24) is 15.2 Å². The molecule has 1 fully saturated rings. The molecule has 2 unspecified atom stereocenters. The molecular formula is C16H28N4. The second-order valence-electron chi connectivity index (χ2n) is 5.93. The van der Waals surface area contributed by atoms with Crippen LogP contribution in [0.15, 0.2) is 18.3 Å². The zero-order valence-electron chi connectivity index (χ0n) is 13.3. The Bertz CT molecular complexity index is 409. The minimum atomic E-state index is 0.567. The maximum Gasteiger partial charge on any atom is 0.133 e. The van der Waals surface area contributed by atoms with Crippen molar-refractivity contribution in [2.75, 3.05) is 31.6 Å². The largest absolute Gasteiger partial charge is 0.353 e. The Labute approximate surface area is 123 Å². The fourth-order valence-electron chi connectivity index (χ4n) is 2.83. The van der Waals surface area contributed by atoms with Crippen LogP contribution in [0.5, 0.6) is 0 Å².